The Morgan fingerprint density at radius 3 is 2.20 bits per heavy atom. The summed E-state index contributed by atoms with van der Waals surface area (Å²) >= 11 is 1.55. The molecule has 2 aromatic carbocycles. The third-order valence-electron chi connectivity index (χ3n) is 13.3. The zero-order valence-corrected chi connectivity index (χ0v) is 46.1. The number of β-amino-alcohol motifs (C(OH)–C–C–N with tert-alkyl or cyclic N) is 1. The Morgan fingerprint density at radius 1 is 0.880 bits per heavy atom. The van der Waals surface area contributed by atoms with E-state index in [0.717, 1.165) is 21.7 Å². The molecule has 5 rings (SSSR count). The topological polar surface area (TPSA) is 252 Å². The average molecular weight is 1060 g/mol. The number of nitrogens with zero attached hydrogens (tertiary/aromatic N) is 3. The van der Waals surface area contributed by atoms with Gasteiger partial charge in [-0.25, -0.2) is 14.2 Å². The lowest BCUT2D eigenvalue weighted by Gasteiger charge is -2.35. The number of amides is 7. The first-order chi connectivity index (χ1) is 35.2. The van der Waals surface area contributed by atoms with E-state index in [4.69, 9.17) is 15.2 Å². The SMILES string of the molecule is Cc1ncsc1-c1ccc(C(C)NC(=O)[C@@H]2C[C@@H](O)CN2C(=O)C(NC(=O)CCCCc2cccc(OCC(CCC(N)=O)NC(=O)[C@@H]3CCCN3C(=O)C(CC(C)C)NC(=O)OC(C)(C)C)c2F)C(C)(C)C)cc1. The zero-order chi connectivity index (χ0) is 55.4. The number of benzene rings is 2. The van der Waals surface area contributed by atoms with Gasteiger partial charge >= 0.3 is 6.09 Å². The summed E-state index contributed by atoms with van der Waals surface area (Å²) in [5.41, 5.74) is 8.89. The van der Waals surface area contributed by atoms with Crippen molar-refractivity contribution in [3.63, 3.8) is 0 Å². The number of nitrogens with one attached hydrogen (secondary N) is 4. The largest absolute Gasteiger partial charge is 0.488 e. The van der Waals surface area contributed by atoms with Crippen molar-refractivity contribution in [2.75, 3.05) is 19.7 Å². The number of primary amides is 1. The number of ether oxygens (including phenoxy) is 2. The molecule has 0 radical (unpaired) electrons. The monoisotopic (exact) mass is 1060 g/mol. The highest BCUT2D eigenvalue weighted by Gasteiger charge is 2.45. The highest BCUT2D eigenvalue weighted by molar-refractivity contribution is 7.13. The number of halogens is 1. The summed E-state index contributed by atoms with van der Waals surface area (Å²) in [6, 6.07) is 7.61. The second-order valence-electron chi connectivity index (χ2n) is 22.4. The summed E-state index contributed by atoms with van der Waals surface area (Å²) < 4.78 is 27.3. The van der Waals surface area contributed by atoms with E-state index in [1.165, 1.54) is 15.9 Å². The minimum atomic E-state index is -1.01. The molecule has 7 atom stereocenters. The number of rotatable bonds is 23. The fourth-order valence-electron chi connectivity index (χ4n) is 9.36. The smallest absolute Gasteiger partial charge is 0.408 e. The molecule has 20 heteroatoms. The van der Waals surface area contributed by atoms with Crippen molar-refractivity contribution in [3.8, 4) is 16.2 Å². The fraction of sp³-hybridized carbons (Fsp3) is 0.600. The molecule has 18 nitrogen and oxygen atoms in total. The van der Waals surface area contributed by atoms with Gasteiger partial charge in [-0.1, -0.05) is 71.0 Å². The van der Waals surface area contributed by atoms with E-state index in [-0.39, 0.29) is 56.9 Å². The first-order valence-corrected chi connectivity index (χ1v) is 27.0. The molecule has 2 fully saturated rings. The van der Waals surface area contributed by atoms with Gasteiger partial charge in [0.15, 0.2) is 11.6 Å². The molecule has 0 spiro atoms. The number of unbranched alkanes of at least 4 members (excludes halogenated alkanes) is 1. The van der Waals surface area contributed by atoms with E-state index in [1.807, 2.05) is 72.7 Å². The Labute approximate surface area is 444 Å². The molecule has 0 saturated carbocycles. The second-order valence-corrected chi connectivity index (χ2v) is 23.2. The van der Waals surface area contributed by atoms with Gasteiger partial charge in [0, 0.05) is 32.4 Å². The van der Waals surface area contributed by atoms with Crippen LogP contribution in [0.25, 0.3) is 10.4 Å². The van der Waals surface area contributed by atoms with Crippen LogP contribution in [-0.4, -0.2) is 123 Å². The lowest BCUT2D eigenvalue weighted by atomic mass is 9.85. The summed E-state index contributed by atoms with van der Waals surface area (Å²) in [6.07, 6.45) is 0.664. The van der Waals surface area contributed by atoms with Gasteiger partial charge in [-0.15, -0.1) is 11.3 Å². The van der Waals surface area contributed by atoms with Crippen LogP contribution in [0.2, 0.25) is 0 Å². The molecule has 2 aliphatic rings. The van der Waals surface area contributed by atoms with E-state index < -0.39 is 101 Å². The van der Waals surface area contributed by atoms with Gasteiger partial charge in [-0.3, -0.25) is 28.8 Å². The van der Waals surface area contributed by atoms with E-state index in [1.54, 1.807) is 49.8 Å². The molecule has 1 aromatic heterocycles. The molecule has 2 aliphatic heterocycles. The molecule has 0 bridgehead atoms. The molecule has 3 aromatic rings. The second kappa shape index (κ2) is 26.6. The molecule has 7 amide bonds. The lowest BCUT2D eigenvalue weighted by molar-refractivity contribution is -0.144. The maximum absolute atomic E-state index is 16.0. The third-order valence-corrected chi connectivity index (χ3v) is 14.2. The van der Waals surface area contributed by atoms with Crippen LogP contribution in [0.1, 0.15) is 143 Å². The van der Waals surface area contributed by atoms with Crippen molar-refractivity contribution >= 4 is 52.9 Å². The van der Waals surface area contributed by atoms with E-state index >= 15 is 4.39 Å². The minimum absolute atomic E-state index is 0.0347. The minimum Gasteiger partial charge on any atom is -0.488 e. The number of nitrogens with two attached hydrogens (primary N) is 1. The maximum atomic E-state index is 16.0. The number of hydrogen-bond donors (Lipinski definition) is 6. The number of aliphatic hydroxyl groups excluding tert-OH is 1. The molecule has 3 heterocycles. The van der Waals surface area contributed by atoms with Gasteiger partial charge in [0.1, 0.15) is 36.4 Å². The van der Waals surface area contributed by atoms with Gasteiger partial charge in [0.2, 0.25) is 35.4 Å². The Hall–Kier alpha value is -6.15. The molecule has 2 saturated heterocycles. The van der Waals surface area contributed by atoms with E-state index in [2.05, 4.69) is 26.3 Å². The van der Waals surface area contributed by atoms with Crippen molar-refractivity contribution in [1.82, 2.24) is 36.1 Å². The van der Waals surface area contributed by atoms with Gasteiger partial charge < -0.3 is 51.4 Å². The first-order valence-electron chi connectivity index (χ1n) is 26.1. The van der Waals surface area contributed by atoms with Crippen LogP contribution in [0.15, 0.2) is 48.0 Å². The number of alkyl carbamates (subject to hydrolysis) is 1. The molecule has 7 N–H and O–H groups in total. The fourth-order valence-corrected chi connectivity index (χ4v) is 10.2. The standard InChI is InChI=1S/C55H79FN8O10S/c1-32(2)27-40(61-53(72)74-55(8,9)10)51(70)63-26-14-17-41(63)49(68)60-38(24-25-44(57)66)30-73-43-18-13-16-36(46(43)56)15-11-12-19-45(67)62-48(54(5,6)7)52(71)64-29-39(65)28-42(64)50(69)59-33(3)35-20-22-37(23-21-35)47-34(4)58-31-75-47/h13,16,18,20-23,31-33,38-42,48,65H,11-12,14-15,17,19,24-30H2,1-10H3,(H2,57,66)(H,59,69)(H,60,68)(H,61,72)(H,62,67)/t33?,38?,39-,40?,41+,42+,48?/m1/s1. The van der Waals surface area contributed by atoms with Crippen LogP contribution in [0, 0.1) is 24.1 Å². The summed E-state index contributed by atoms with van der Waals surface area (Å²) in [5, 5.41) is 22.2. The molecule has 0 aliphatic carbocycles. The van der Waals surface area contributed by atoms with Gasteiger partial charge in [0.05, 0.1) is 34.3 Å². The normalized spacial score (nSPS) is 18.4. The molecule has 4 unspecified atom stereocenters. The number of aliphatic hydroxyl groups is 1. The highest BCUT2D eigenvalue weighted by atomic mass is 32.1. The predicted molar refractivity (Wildman–Crippen MR) is 284 cm³/mol. The molecule has 412 valence electrons. The molecular formula is C55H79FN8O10S. The van der Waals surface area contributed by atoms with Crippen LogP contribution >= 0.6 is 11.3 Å². The quantitative estimate of drug-likeness (QED) is 0.0567. The van der Waals surface area contributed by atoms with Crippen molar-refractivity contribution in [2.45, 2.75) is 181 Å². The summed E-state index contributed by atoms with van der Waals surface area (Å²) in [5.74, 6) is -3.45. The van der Waals surface area contributed by atoms with Crippen LogP contribution in [0.4, 0.5) is 9.18 Å². The van der Waals surface area contributed by atoms with Crippen LogP contribution in [0.3, 0.4) is 0 Å². The Kier molecular flexibility index (Phi) is 21.1. The Morgan fingerprint density at radius 2 is 1.57 bits per heavy atom. The van der Waals surface area contributed by atoms with Crippen LogP contribution < -0.4 is 31.7 Å². The number of likely N-dealkylation sites (tertiary alicyclic amines) is 2. The molecule has 75 heavy (non-hydrogen) atoms. The number of hydrogen-bond acceptors (Lipinski definition) is 12. The third kappa shape index (κ3) is 17.4. The van der Waals surface area contributed by atoms with Crippen molar-refractivity contribution < 1.29 is 52.5 Å². The first kappa shape index (κ1) is 59.7. The van der Waals surface area contributed by atoms with E-state index in [9.17, 15) is 38.7 Å². The van der Waals surface area contributed by atoms with Crippen molar-refractivity contribution in [3.05, 3.63) is 70.6 Å². The summed E-state index contributed by atoms with van der Waals surface area (Å²) in [7, 11) is 0. The average Bonchev–Trinajstić information content (AvgIpc) is 4.09. The maximum Gasteiger partial charge on any atom is 0.408 e. The molecular weight excluding hydrogens is 984 g/mol. The lowest BCUT2D eigenvalue weighted by Crippen LogP contribution is -2.57. The number of aromatic nitrogens is 1. The summed E-state index contributed by atoms with van der Waals surface area (Å²) in [4.78, 5) is 102. The van der Waals surface area contributed by atoms with E-state index in [0.29, 0.717) is 44.2 Å². The predicted octanol–water partition coefficient (Wildman–Crippen LogP) is 6.40. The number of carbonyl (C=O) groups is 7. The Bertz CT molecular complexity index is 2470. The number of aryl methyl sites for hydroxylation is 2. The Balaban J connectivity index is 1.14. The number of carbonyl (C=O) groups excluding carboxylic acids is 7. The van der Waals surface area contributed by atoms with Gasteiger partial charge in [-0.2, -0.15) is 0 Å². The van der Waals surface area contributed by atoms with Crippen molar-refractivity contribution in [1.29, 1.82) is 0 Å². The summed E-state index contributed by atoms with van der Waals surface area (Å²) in [6.45, 7) is 18.3. The zero-order valence-electron chi connectivity index (χ0n) is 45.3. The van der Waals surface area contributed by atoms with Crippen molar-refractivity contribution in [2.24, 2.45) is 17.1 Å². The van der Waals surface area contributed by atoms with Crippen LogP contribution in [-0.2, 0) is 39.9 Å². The number of thiazole rings is 1. The highest BCUT2D eigenvalue weighted by Crippen LogP contribution is 2.31. The van der Waals surface area contributed by atoms with Gasteiger partial charge in [-0.05, 0) is 114 Å². The van der Waals surface area contributed by atoms with Crippen LogP contribution in [0.5, 0.6) is 5.75 Å². The van der Waals surface area contributed by atoms with Gasteiger partial charge in [0.25, 0.3) is 0 Å².